The zero-order valence-electron chi connectivity index (χ0n) is 16.1. The molecule has 146 valence electrons. The molecule has 1 fully saturated rings. The van der Waals surface area contributed by atoms with E-state index in [0.29, 0.717) is 30.1 Å². The van der Waals surface area contributed by atoms with Gasteiger partial charge in [0.2, 0.25) is 0 Å². The Bertz CT molecular complexity index is 899. The number of amides is 2. The van der Waals surface area contributed by atoms with Crippen LogP contribution in [-0.2, 0) is 7.05 Å². The molecular weight excluding hydrogens is 356 g/mol. The third-order valence-electron chi connectivity index (χ3n) is 5.39. The van der Waals surface area contributed by atoms with Crippen LogP contribution >= 0.6 is 0 Å². The number of carbonyl (C=O) groups is 2. The molecule has 2 aromatic rings. The quantitative estimate of drug-likeness (QED) is 0.488. The molecule has 1 N–H and O–H groups in total. The molecule has 0 radical (unpaired) electrons. The molecule has 2 aliphatic rings. The molecule has 1 aromatic carbocycles. The largest absolute Gasteiger partial charge is 0.354 e. The average molecular weight is 380 g/mol. The van der Waals surface area contributed by atoms with Gasteiger partial charge < -0.3 is 10.2 Å². The summed E-state index contributed by atoms with van der Waals surface area (Å²) in [5.74, 6) is 0.775. The van der Waals surface area contributed by atoms with Crippen molar-refractivity contribution in [2.45, 2.75) is 12.3 Å². The molecule has 1 aromatic heterocycles. The highest BCUT2D eigenvalue weighted by Crippen LogP contribution is 2.26. The zero-order valence-corrected chi connectivity index (χ0v) is 16.1. The Morgan fingerprint density at radius 3 is 2.57 bits per heavy atom. The number of nitrogens with zero attached hydrogens (tertiary/aromatic N) is 5. The summed E-state index contributed by atoms with van der Waals surface area (Å²) in [6, 6.07) is 6.95. The van der Waals surface area contributed by atoms with Gasteiger partial charge in [0.15, 0.2) is 5.96 Å². The van der Waals surface area contributed by atoms with Gasteiger partial charge in [-0.25, -0.2) is 0 Å². The Morgan fingerprint density at radius 2 is 1.96 bits per heavy atom. The van der Waals surface area contributed by atoms with Crippen molar-refractivity contribution in [2.75, 3.05) is 33.2 Å². The number of imide groups is 1. The zero-order chi connectivity index (χ0) is 19.7. The van der Waals surface area contributed by atoms with E-state index in [9.17, 15) is 9.59 Å². The van der Waals surface area contributed by atoms with Gasteiger partial charge in [0.25, 0.3) is 11.8 Å². The summed E-state index contributed by atoms with van der Waals surface area (Å²) >= 11 is 0. The van der Waals surface area contributed by atoms with Crippen molar-refractivity contribution in [3.63, 3.8) is 0 Å². The minimum atomic E-state index is -0.227. The van der Waals surface area contributed by atoms with Crippen LogP contribution in [0, 0.1) is 0 Å². The van der Waals surface area contributed by atoms with E-state index in [-0.39, 0.29) is 11.8 Å². The van der Waals surface area contributed by atoms with Gasteiger partial charge in [-0.3, -0.25) is 24.2 Å². The highest BCUT2D eigenvalue weighted by atomic mass is 16.2. The van der Waals surface area contributed by atoms with Gasteiger partial charge >= 0.3 is 0 Å². The number of carbonyl (C=O) groups excluding carboxylic acids is 2. The molecule has 8 heteroatoms. The molecule has 0 bridgehead atoms. The van der Waals surface area contributed by atoms with E-state index in [1.807, 2.05) is 17.9 Å². The summed E-state index contributed by atoms with van der Waals surface area (Å²) < 4.78 is 1.83. The second-order valence-corrected chi connectivity index (χ2v) is 7.16. The summed E-state index contributed by atoms with van der Waals surface area (Å²) in [5, 5.41) is 7.55. The lowest BCUT2D eigenvalue weighted by Crippen LogP contribution is -2.44. The fourth-order valence-electron chi connectivity index (χ4n) is 3.93. The third kappa shape index (κ3) is 3.26. The smallest absolute Gasteiger partial charge is 0.261 e. The van der Waals surface area contributed by atoms with Crippen LogP contribution in [0.25, 0.3) is 0 Å². The van der Waals surface area contributed by atoms with Crippen LogP contribution in [0.2, 0.25) is 0 Å². The fourth-order valence-corrected chi connectivity index (χ4v) is 3.93. The lowest BCUT2D eigenvalue weighted by molar-refractivity contribution is 0.0657. The van der Waals surface area contributed by atoms with E-state index < -0.39 is 0 Å². The Morgan fingerprint density at radius 1 is 1.25 bits per heavy atom. The number of nitrogens with one attached hydrogen (secondary N) is 1. The molecule has 8 nitrogen and oxygen atoms in total. The van der Waals surface area contributed by atoms with Crippen LogP contribution in [0.15, 0.2) is 41.7 Å². The molecule has 2 aliphatic heterocycles. The first-order valence-corrected chi connectivity index (χ1v) is 9.48. The lowest BCUT2D eigenvalue weighted by Gasteiger charge is -2.22. The number of likely N-dealkylation sites (tertiary alicyclic amines) is 1. The van der Waals surface area contributed by atoms with E-state index in [1.165, 1.54) is 10.5 Å². The number of rotatable bonds is 4. The van der Waals surface area contributed by atoms with Crippen molar-refractivity contribution in [1.29, 1.82) is 0 Å². The second kappa shape index (κ2) is 7.46. The molecule has 0 spiro atoms. The molecular formula is C20H24N6O2. The Labute approximate surface area is 163 Å². The Kier molecular flexibility index (Phi) is 4.85. The molecule has 1 unspecified atom stereocenters. The fraction of sp³-hybridized carbons (Fsp3) is 0.400. The van der Waals surface area contributed by atoms with E-state index in [1.54, 1.807) is 31.3 Å². The maximum absolute atomic E-state index is 12.4. The number of benzene rings is 1. The van der Waals surface area contributed by atoms with Crippen LogP contribution in [0.4, 0.5) is 0 Å². The number of fused-ring (bicyclic) bond motifs is 1. The van der Waals surface area contributed by atoms with Gasteiger partial charge in [0.05, 0.1) is 17.3 Å². The van der Waals surface area contributed by atoms with Gasteiger partial charge in [-0.05, 0) is 24.1 Å². The first-order chi connectivity index (χ1) is 13.6. The molecule has 0 saturated carbocycles. The minimum absolute atomic E-state index is 0.227. The standard InChI is InChI=1S/C20H24N6O2/c1-21-20(25-9-7-14(13-25)15-11-23-24(2)12-15)22-8-10-26-18(27)16-5-3-4-6-17(16)19(26)28/h3-6,11-12,14H,7-10,13H2,1-2H3,(H,21,22). The number of guanidine groups is 1. The molecule has 0 aliphatic carbocycles. The first kappa shape index (κ1) is 18.2. The Balaban J connectivity index is 1.32. The molecule has 4 rings (SSSR count). The highest BCUT2D eigenvalue weighted by molar-refractivity contribution is 6.21. The predicted molar refractivity (Wildman–Crippen MR) is 105 cm³/mol. The summed E-state index contributed by atoms with van der Waals surface area (Å²) in [6.07, 6.45) is 5.03. The maximum Gasteiger partial charge on any atom is 0.261 e. The van der Waals surface area contributed by atoms with Crippen molar-refractivity contribution in [2.24, 2.45) is 12.0 Å². The maximum atomic E-state index is 12.4. The number of aryl methyl sites for hydroxylation is 1. The minimum Gasteiger partial charge on any atom is -0.354 e. The van der Waals surface area contributed by atoms with Gasteiger partial charge in [-0.2, -0.15) is 5.10 Å². The number of hydrogen-bond donors (Lipinski definition) is 1. The molecule has 1 atom stereocenters. The van der Waals surface area contributed by atoms with Crippen LogP contribution in [0.3, 0.4) is 0 Å². The molecule has 1 saturated heterocycles. The average Bonchev–Trinajstić information content (AvgIpc) is 3.41. The summed E-state index contributed by atoms with van der Waals surface area (Å²) in [7, 11) is 3.68. The number of hydrogen-bond acceptors (Lipinski definition) is 4. The first-order valence-electron chi connectivity index (χ1n) is 9.48. The van der Waals surface area contributed by atoms with Crippen molar-refractivity contribution in [1.82, 2.24) is 24.9 Å². The van der Waals surface area contributed by atoms with Gasteiger partial charge in [0, 0.05) is 52.4 Å². The van der Waals surface area contributed by atoms with Crippen LogP contribution in [0.5, 0.6) is 0 Å². The van der Waals surface area contributed by atoms with E-state index in [0.717, 1.165) is 25.5 Å². The van der Waals surface area contributed by atoms with Crippen molar-refractivity contribution < 1.29 is 9.59 Å². The molecule has 2 amide bonds. The summed E-state index contributed by atoms with van der Waals surface area (Å²) in [6.45, 7) is 2.56. The highest BCUT2D eigenvalue weighted by Gasteiger charge is 2.34. The monoisotopic (exact) mass is 380 g/mol. The van der Waals surface area contributed by atoms with Crippen molar-refractivity contribution in [3.05, 3.63) is 53.3 Å². The van der Waals surface area contributed by atoms with Crippen molar-refractivity contribution >= 4 is 17.8 Å². The van der Waals surface area contributed by atoms with Gasteiger partial charge in [-0.15, -0.1) is 0 Å². The Hall–Kier alpha value is -3.16. The number of aliphatic imine (C=N–C) groups is 1. The van der Waals surface area contributed by atoms with E-state index in [4.69, 9.17) is 0 Å². The summed E-state index contributed by atoms with van der Waals surface area (Å²) in [4.78, 5) is 32.8. The van der Waals surface area contributed by atoms with Gasteiger partial charge in [0.1, 0.15) is 0 Å². The predicted octanol–water partition coefficient (Wildman–Crippen LogP) is 1.08. The van der Waals surface area contributed by atoms with E-state index >= 15 is 0 Å². The lowest BCUT2D eigenvalue weighted by atomic mass is 10.0. The SMILES string of the molecule is CN=C(NCCN1C(=O)c2ccccc2C1=O)N1CCC(c2cnn(C)c2)C1. The van der Waals surface area contributed by atoms with Crippen molar-refractivity contribution in [3.8, 4) is 0 Å². The number of aromatic nitrogens is 2. The molecule has 28 heavy (non-hydrogen) atoms. The third-order valence-corrected chi connectivity index (χ3v) is 5.39. The van der Waals surface area contributed by atoms with Crippen LogP contribution in [0.1, 0.15) is 38.6 Å². The second-order valence-electron chi connectivity index (χ2n) is 7.16. The van der Waals surface area contributed by atoms with Crippen LogP contribution < -0.4 is 5.32 Å². The molecule has 3 heterocycles. The normalized spacial score (nSPS) is 19.5. The van der Waals surface area contributed by atoms with Crippen LogP contribution in [-0.4, -0.2) is 70.6 Å². The van der Waals surface area contributed by atoms with E-state index in [2.05, 4.69) is 26.5 Å². The topological polar surface area (TPSA) is 82.8 Å². The van der Waals surface area contributed by atoms with Gasteiger partial charge in [-0.1, -0.05) is 12.1 Å². The summed E-state index contributed by atoms with van der Waals surface area (Å²) in [5.41, 5.74) is 2.21.